The van der Waals surface area contributed by atoms with Crippen LogP contribution in [0.3, 0.4) is 0 Å². The molecule has 0 bridgehead atoms. The molecule has 0 radical (unpaired) electrons. The van der Waals surface area contributed by atoms with Gasteiger partial charge < -0.3 is 9.32 Å². The molecule has 0 saturated heterocycles. The molecule has 20 heavy (non-hydrogen) atoms. The van der Waals surface area contributed by atoms with E-state index in [1.165, 1.54) is 0 Å². The van der Waals surface area contributed by atoms with Crippen molar-refractivity contribution in [1.82, 2.24) is 14.9 Å². The molecular weight excluding hydrogens is 274 g/mol. The van der Waals surface area contributed by atoms with Crippen molar-refractivity contribution in [2.75, 3.05) is 12.8 Å². The first-order valence-corrected chi connectivity index (χ1v) is 7.35. The molecule has 2 aromatic rings. The molecule has 2 rings (SSSR count). The van der Waals surface area contributed by atoms with Gasteiger partial charge in [0.1, 0.15) is 5.76 Å². The molecule has 0 aromatic carbocycles. The summed E-state index contributed by atoms with van der Waals surface area (Å²) in [5.74, 6) is 1.27. The van der Waals surface area contributed by atoms with Crippen molar-refractivity contribution >= 4 is 17.7 Å². The molecule has 6 heteroatoms. The van der Waals surface area contributed by atoms with E-state index in [0.717, 1.165) is 11.5 Å². The topological polar surface area (TPSA) is 59.2 Å². The summed E-state index contributed by atoms with van der Waals surface area (Å²) in [6, 6.07) is 3.68. The second-order valence-electron chi connectivity index (χ2n) is 4.41. The van der Waals surface area contributed by atoms with E-state index in [9.17, 15) is 4.79 Å². The fourth-order valence-corrected chi connectivity index (χ4v) is 2.54. The van der Waals surface area contributed by atoms with Crippen molar-refractivity contribution in [3.8, 4) is 0 Å². The average Bonchev–Trinajstić information content (AvgIpc) is 2.98. The molecule has 0 aliphatic heterocycles. The lowest BCUT2D eigenvalue weighted by Gasteiger charge is -2.17. The van der Waals surface area contributed by atoms with Gasteiger partial charge in [-0.25, -0.2) is 0 Å². The summed E-state index contributed by atoms with van der Waals surface area (Å²) in [7, 11) is 1.78. The fraction of sp³-hybridized carbons (Fsp3) is 0.357. The molecule has 1 atom stereocenters. The van der Waals surface area contributed by atoms with Crippen LogP contribution in [0.5, 0.6) is 0 Å². The van der Waals surface area contributed by atoms with Gasteiger partial charge in [0.05, 0.1) is 24.3 Å². The third-order valence-electron chi connectivity index (χ3n) is 2.86. The number of carbonyl (C=O) groups excluding carboxylic acids is 1. The Hall–Kier alpha value is -1.82. The van der Waals surface area contributed by atoms with E-state index in [1.54, 1.807) is 48.6 Å². The van der Waals surface area contributed by atoms with E-state index in [2.05, 4.69) is 9.97 Å². The Balaban J connectivity index is 1.80. The van der Waals surface area contributed by atoms with Gasteiger partial charge in [0.15, 0.2) is 0 Å². The first-order valence-electron chi connectivity index (χ1n) is 6.30. The van der Waals surface area contributed by atoms with Gasteiger partial charge >= 0.3 is 0 Å². The predicted molar refractivity (Wildman–Crippen MR) is 78.1 cm³/mol. The average molecular weight is 291 g/mol. The first kappa shape index (κ1) is 14.6. The number of amides is 1. The van der Waals surface area contributed by atoms with Gasteiger partial charge in [-0.05, 0) is 19.1 Å². The van der Waals surface area contributed by atoms with Crippen molar-refractivity contribution in [3.63, 3.8) is 0 Å². The number of hydrogen-bond donors (Lipinski definition) is 0. The lowest BCUT2D eigenvalue weighted by Crippen LogP contribution is -2.27. The van der Waals surface area contributed by atoms with Crippen LogP contribution in [0.15, 0.2) is 41.4 Å². The lowest BCUT2D eigenvalue weighted by molar-refractivity contribution is -0.127. The Kier molecular flexibility index (Phi) is 5.17. The molecule has 1 amide bonds. The van der Waals surface area contributed by atoms with Crippen molar-refractivity contribution < 1.29 is 9.21 Å². The highest BCUT2D eigenvalue weighted by Gasteiger charge is 2.14. The highest BCUT2D eigenvalue weighted by atomic mass is 32.2. The van der Waals surface area contributed by atoms with E-state index >= 15 is 0 Å². The highest BCUT2D eigenvalue weighted by molar-refractivity contribution is 8.00. The molecular formula is C14H17N3O2S. The van der Waals surface area contributed by atoms with Crippen LogP contribution in [-0.4, -0.2) is 33.6 Å². The minimum Gasteiger partial charge on any atom is -0.467 e. The van der Waals surface area contributed by atoms with Gasteiger partial charge in [-0.3, -0.25) is 14.8 Å². The van der Waals surface area contributed by atoms with Gasteiger partial charge in [-0.2, -0.15) is 0 Å². The minimum atomic E-state index is 0.0714. The number of furan rings is 1. The maximum atomic E-state index is 12.0. The number of carbonyl (C=O) groups is 1. The van der Waals surface area contributed by atoms with Crippen molar-refractivity contribution in [2.45, 2.75) is 18.7 Å². The van der Waals surface area contributed by atoms with Crippen LogP contribution >= 0.6 is 11.8 Å². The first-order chi connectivity index (χ1) is 9.66. The molecule has 0 saturated carbocycles. The lowest BCUT2D eigenvalue weighted by atomic mass is 10.3. The molecule has 2 aromatic heterocycles. The zero-order chi connectivity index (χ0) is 14.4. The monoisotopic (exact) mass is 291 g/mol. The van der Waals surface area contributed by atoms with E-state index in [4.69, 9.17) is 4.42 Å². The van der Waals surface area contributed by atoms with Gasteiger partial charge in [-0.1, -0.05) is 0 Å². The van der Waals surface area contributed by atoms with E-state index in [1.807, 2.05) is 19.1 Å². The Morgan fingerprint density at radius 3 is 3.00 bits per heavy atom. The molecule has 0 unspecified atom stereocenters. The smallest absolute Gasteiger partial charge is 0.232 e. The van der Waals surface area contributed by atoms with E-state index < -0.39 is 0 Å². The highest BCUT2D eigenvalue weighted by Crippen LogP contribution is 2.25. The number of nitrogens with zero attached hydrogens (tertiary/aromatic N) is 3. The van der Waals surface area contributed by atoms with Gasteiger partial charge in [-0.15, -0.1) is 11.8 Å². The minimum absolute atomic E-state index is 0.0714. The maximum Gasteiger partial charge on any atom is 0.232 e. The van der Waals surface area contributed by atoms with Gasteiger partial charge in [0, 0.05) is 30.9 Å². The number of aromatic nitrogens is 2. The summed E-state index contributed by atoms with van der Waals surface area (Å²) in [4.78, 5) is 22.0. The summed E-state index contributed by atoms with van der Waals surface area (Å²) in [6.07, 6.45) is 6.65. The molecule has 0 aliphatic carbocycles. The van der Waals surface area contributed by atoms with Crippen LogP contribution in [0.4, 0.5) is 0 Å². The van der Waals surface area contributed by atoms with Crippen molar-refractivity contribution in [1.29, 1.82) is 0 Å². The van der Waals surface area contributed by atoms with Crippen LogP contribution in [-0.2, 0) is 11.3 Å². The summed E-state index contributed by atoms with van der Waals surface area (Å²) in [5, 5.41) is 0.143. The van der Waals surface area contributed by atoms with Crippen LogP contribution in [0.2, 0.25) is 0 Å². The Morgan fingerprint density at radius 1 is 1.50 bits per heavy atom. The standard InChI is InChI=1S/C14H17N3O2S/c1-11(13-8-15-5-6-16-13)20-10-14(18)17(2)9-12-4-3-7-19-12/h3-8,11H,9-10H2,1-2H3/t11-/m1/s1. The maximum absolute atomic E-state index is 12.0. The Bertz CT molecular complexity index is 531. The number of thioether (sulfide) groups is 1. The predicted octanol–water partition coefficient (Wildman–Crippen LogP) is 2.52. The number of hydrogen-bond acceptors (Lipinski definition) is 5. The summed E-state index contributed by atoms with van der Waals surface area (Å²) in [5.41, 5.74) is 0.888. The quantitative estimate of drug-likeness (QED) is 0.818. The zero-order valence-corrected chi connectivity index (χ0v) is 12.3. The SMILES string of the molecule is C[C@@H](SCC(=O)N(C)Cc1ccco1)c1cnccn1. The van der Waals surface area contributed by atoms with Gasteiger partial charge in [0.25, 0.3) is 0 Å². The zero-order valence-electron chi connectivity index (χ0n) is 11.5. The second-order valence-corrected chi connectivity index (χ2v) is 5.74. The number of rotatable bonds is 6. The Labute approximate surface area is 122 Å². The van der Waals surface area contributed by atoms with Crippen LogP contribution < -0.4 is 0 Å². The molecule has 0 spiro atoms. The summed E-state index contributed by atoms with van der Waals surface area (Å²) >= 11 is 1.55. The largest absolute Gasteiger partial charge is 0.467 e. The van der Waals surface area contributed by atoms with Crippen molar-refractivity contribution in [2.24, 2.45) is 0 Å². The van der Waals surface area contributed by atoms with Crippen LogP contribution in [0.1, 0.15) is 23.6 Å². The molecule has 0 N–H and O–H groups in total. The normalized spacial score (nSPS) is 12.1. The van der Waals surface area contributed by atoms with Crippen molar-refractivity contribution in [3.05, 3.63) is 48.4 Å². The molecule has 0 aliphatic rings. The third-order valence-corrected chi connectivity index (χ3v) is 4.01. The van der Waals surface area contributed by atoms with E-state index in [-0.39, 0.29) is 11.2 Å². The molecule has 0 fully saturated rings. The van der Waals surface area contributed by atoms with Crippen LogP contribution in [0, 0.1) is 0 Å². The molecule has 5 nitrogen and oxygen atoms in total. The Morgan fingerprint density at radius 2 is 2.35 bits per heavy atom. The molecule has 106 valence electrons. The third kappa shape index (κ3) is 4.09. The summed E-state index contributed by atoms with van der Waals surface area (Å²) in [6.45, 7) is 2.51. The summed E-state index contributed by atoms with van der Waals surface area (Å²) < 4.78 is 5.23. The fourth-order valence-electron chi connectivity index (χ4n) is 1.64. The second kappa shape index (κ2) is 7.09. The molecule has 2 heterocycles. The van der Waals surface area contributed by atoms with E-state index in [0.29, 0.717) is 12.3 Å². The van der Waals surface area contributed by atoms with Crippen LogP contribution in [0.25, 0.3) is 0 Å². The van der Waals surface area contributed by atoms with Gasteiger partial charge in [0.2, 0.25) is 5.91 Å².